The van der Waals surface area contributed by atoms with E-state index in [-0.39, 0.29) is 0 Å². The molecule has 0 fully saturated rings. The zero-order valence-corrected chi connectivity index (χ0v) is 15.4. The van der Waals surface area contributed by atoms with Gasteiger partial charge in [0.05, 0.1) is 18.3 Å². The highest BCUT2D eigenvalue weighted by Crippen LogP contribution is 2.27. The number of benzene rings is 2. The van der Waals surface area contributed by atoms with Crippen molar-refractivity contribution in [1.82, 2.24) is 5.43 Å². The van der Waals surface area contributed by atoms with Crippen LogP contribution < -0.4 is 20.4 Å². The van der Waals surface area contributed by atoms with E-state index in [4.69, 9.17) is 16.3 Å². The van der Waals surface area contributed by atoms with E-state index in [9.17, 15) is 9.59 Å². The zero-order chi connectivity index (χ0) is 19.1. The molecule has 0 aromatic heterocycles. The molecule has 136 valence electrons. The molecular weight excluding hydrogens is 356 g/mol. The number of halogens is 1. The molecule has 2 amide bonds. The molecule has 2 aromatic carbocycles. The fraction of sp³-hybridized carbons (Fsp3) is 0.167. The van der Waals surface area contributed by atoms with Crippen molar-refractivity contribution in [3.63, 3.8) is 0 Å². The number of hydrazone groups is 1. The molecule has 2 N–H and O–H groups in total. The third kappa shape index (κ3) is 5.22. The average Bonchev–Trinajstić information content (AvgIpc) is 2.62. The van der Waals surface area contributed by atoms with Gasteiger partial charge in [0, 0.05) is 25.5 Å². The number of carbonyl (C=O) groups excluding carboxylic acids is 2. The normalized spacial score (nSPS) is 10.5. The number of hydrogen-bond donors (Lipinski definition) is 2. The molecule has 0 bridgehead atoms. The number of nitrogens with zero attached hydrogens (tertiary/aromatic N) is 2. The Kier molecular flexibility index (Phi) is 6.57. The maximum Gasteiger partial charge on any atom is 0.329 e. The molecule has 0 atom stereocenters. The van der Waals surface area contributed by atoms with Crippen LogP contribution in [0.5, 0.6) is 5.75 Å². The molecule has 0 aliphatic carbocycles. The molecule has 2 aromatic rings. The third-order valence-electron chi connectivity index (χ3n) is 3.41. The SMILES string of the molecule is COc1ccc(NC(=O)C(=O)N/N=C\c2ccc(N(C)C)cc2)cc1Cl. The maximum absolute atomic E-state index is 11.9. The first-order valence-corrected chi connectivity index (χ1v) is 8.04. The van der Waals surface area contributed by atoms with Gasteiger partial charge in [-0.05, 0) is 35.9 Å². The zero-order valence-electron chi connectivity index (χ0n) is 14.6. The van der Waals surface area contributed by atoms with Gasteiger partial charge < -0.3 is 15.0 Å². The van der Waals surface area contributed by atoms with Crippen molar-refractivity contribution >= 4 is 41.0 Å². The summed E-state index contributed by atoms with van der Waals surface area (Å²) >= 11 is 5.97. The first-order chi connectivity index (χ1) is 12.4. The number of carbonyl (C=O) groups is 2. The molecule has 0 unspecified atom stereocenters. The summed E-state index contributed by atoms with van der Waals surface area (Å²) in [7, 11) is 5.37. The molecular formula is C18H19ClN4O3. The van der Waals surface area contributed by atoms with Crippen LogP contribution in [0, 0.1) is 0 Å². The van der Waals surface area contributed by atoms with Crippen LogP contribution in [0.25, 0.3) is 0 Å². The summed E-state index contributed by atoms with van der Waals surface area (Å²) in [6.07, 6.45) is 1.45. The topological polar surface area (TPSA) is 83.0 Å². The fourth-order valence-corrected chi connectivity index (χ4v) is 2.26. The van der Waals surface area contributed by atoms with E-state index < -0.39 is 11.8 Å². The number of hydrogen-bond acceptors (Lipinski definition) is 5. The molecule has 0 aliphatic heterocycles. The lowest BCUT2D eigenvalue weighted by molar-refractivity contribution is -0.136. The van der Waals surface area contributed by atoms with Crippen LogP contribution in [-0.2, 0) is 9.59 Å². The van der Waals surface area contributed by atoms with Crippen molar-refractivity contribution in [3.05, 3.63) is 53.1 Å². The van der Waals surface area contributed by atoms with Crippen molar-refractivity contribution in [2.75, 3.05) is 31.4 Å². The fourth-order valence-electron chi connectivity index (χ4n) is 2.01. The molecule has 8 heteroatoms. The lowest BCUT2D eigenvalue weighted by Gasteiger charge is -2.11. The molecule has 0 saturated heterocycles. The molecule has 0 heterocycles. The molecule has 2 rings (SSSR count). The molecule has 26 heavy (non-hydrogen) atoms. The number of amides is 2. The lowest BCUT2D eigenvalue weighted by atomic mass is 10.2. The smallest absolute Gasteiger partial charge is 0.329 e. The Bertz CT molecular complexity index is 820. The minimum Gasteiger partial charge on any atom is -0.495 e. The Labute approximate surface area is 156 Å². The summed E-state index contributed by atoms with van der Waals surface area (Å²) in [4.78, 5) is 25.6. The van der Waals surface area contributed by atoms with Crippen LogP contribution in [-0.4, -0.2) is 39.2 Å². The first-order valence-electron chi connectivity index (χ1n) is 7.66. The van der Waals surface area contributed by atoms with Crippen LogP contribution in [0.4, 0.5) is 11.4 Å². The lowest BCUT2D eigenvalue weighted by Crippen LogP contribution is -2.32. The van der Waals surface area contributed by atoms with Crippen molar-refractivity contribution in [3.8, 4) is 5.75 Å². The Hall–Kier alpha value is -3.06. The Balaban J connectivity index is 1.90. The quantitative estimate of drug-likeness (QED) is 0.478. The van der Waals surface area contributed by atoms with E-state index in [1.807, 2.05) is 43.3 Å². The van der Waals surface area contributed by atoms with Gasteiger partial charge in [-0.15, -0.1) is 0 Å². The molecule has 0 aliphatic rings. The van der Waals surface area contributed by atoms with E-state index in [0.717, 1.165) is 11.3 Å². The summed E-state index contributed by atoms with van der Waals surface area (Å²) in [6, 6.07) is 12.2. The first kappa shape index (κ1) is 19.3. The highest BCUT2D eigenvalue weighted by atomic mass is 35.5. The van der Waals surface area contributed by atoms with E-state index in [0.29, 0.717) is 16.5 Å². The Morgan fingerprint density at radius 1 is 1.12 bits per heavy atom. The van der Waals surface area contributed by atoms with E-state index in [2.05, 4.69) is 15.8 Å². The van der Waals surface area contributed by atoms with Gasteiger partial charge in [-0.25, -0.2) is 5.43 Å². The van der Waals surface area contributed by atoms with E-state index in [1.54, 1.807) is 12.1 Å². The third-order valence-corrected chi connectivity index (χ3v) is 3.70. The van der Waals surface area contributed by atoms with Gasteiger partial charge in [0.25, 0.3) is 0 Å². The van der Waals surface area contributed by atoms with Gasteiger partial charge in [-0.3, -0.25) is 9.59 Å². The summed E-state index contributed by atoms with van der Waals surface area (Å²) < 4.78 is 5.02. The van der Waals surface area contributed by atoms with Crippen molar-refractivity contribution in [2.24, 2.45) is 5.10 Å². The summed E-state index contributed by atoms with van der Waals surface area (Å²) in [6.45, 7) is 0. The van der Waals surface area contributed by atoms with E-state index >= 15 is 0 Å². The van der Waals surface area contributed by atoms with Crippen LogP contribution in [0.3, 0.4) is 0 Å². The molecule has 0 spiro atoms. The van der Waals surface area contributed by atoms with Gasteiger partial charge in [-0.2, -0.15) is 5.10 Å². The maximum atomic E-state index is 11.9. The van der Waals surface area contributed by atoms with Crippen molar-refractivity contribution in [2.45, 2.75) is 0 Å². The number of nitrogens with one attached hydrogen (secondary N) is 2. The van der Waals surface area contributed by atoms with Gasteiger partial charge in [0.1, 0.15) is 5.75 Å². The number of rotatable bonds is 5. The predicted molar refractivity (Wildman–Crippen MR) is 103 cm³/mol. The van der Waals surface area contributed by atoms with Gasteiger partial charge in [0.2, 0.25) is 0 Å². The minimum atomic E-state index is -0.891. The second kappa shape index (κ2) is 8.87. The standard InChI is InChI=1S/C18H19ClN4O3/c1-23(2)14-7-4-12(5-8-14)11-20-22-18(25)17(24)21-13-6-9-16(26-3)15(19)10-13/h4-11H,1-3H3,(H,21,24)(H,22,25)/b20-11-. The summed E-state index contributed by atoms with van der Waals surface area (Å²) in [5.41, 5.74) is 4.39. The van der Waals surface area contributed by atoms with Gasteiger partial charge >= 0.3 is 11.8 Å². The second-order valence-electron chi connectivity index (χ2n) is 5.49. The van der Waals surface area contributed by atoms with Crippen LogP contribution in [0.2, 0.25) is 5.02 Å². The number of anilines is 2. The molecule has 7 nitrogen and oxygen atoms in total. The highest BCUT2D eigenvalue weighted by Gasteiger charge is 2.13. The number of methoxy groups -OCH3 is 1. The van der Waals surface area contributed by atoms with Crippen LogP contribution >= 0.6 is 11.6 Å². The average molecular weight is 375 g/mol. The second-order valence-corrected chi connectivity index (χ2v) is 5.90. The number of ether oxygens (including phenoxy) is 1. The molecule has 0 saturated carbocycles. The Morgan fingerprint density at radius 3 is 2.38 bits per heavy atom. The van der Waals surface area contributed by atoms with Crippen molar-refractivity contribution < 1.29 is 14.3 Å². The highest BCUT2D eigenvalue weighted by molar-refractivity contribution is 6.40. The summed E-state index contributed by atoms with van der Waals surface area (Å²) in [5.74, 6) is -1.27. The van der Waals surface area contributed by atoms with Gasteiger partial charge in [0.15, 0.2) is 0 Å². The minimum absolute atomic E-state index is 0.324. The predicted octanol–water partition coefficient (Wildman–Crippen LogP) is 2.50. The Morgan fingerprint density at radius 2 is 1.81 bits per heavy atom. The van der Waals surface area contributed by atoms with Gasteiger partial charge in [-0.1, -0.05) is 23.7 Å². The summed E-state index contributed by atoms with van der Waals surface area (Å²) in [5, 5.41) is 6.53. The monoisotopic (exact) mass is 374 g/mol. The van der Waals surface area contributed by atoms with E-state index in [1.165, 1.54) is 19.4 Å². The van der Waals surface area contributed by atoms with Crippen LogP contribution in [0.1, 0.15) is 5.56 Å². The van der Waals surface area contributed by atoms with Crippen LogP contribution in [0.15, 0.2) is 47.6 Å². The molecule has 0 radical (unpaired) electrons. The van der Waals surface area contributed by atoms with Crippen molar-refractivity contribution in [1.29, 1.82) is 0 Å². The largest absolute Gasteiger partial charge is 0.495 e.